The van der Waals surface area contributed by atoms with E-state index in [0.717, 1.165) is 0 Å². The molecule has 2 heterocycles. The number of benzene rings is 1. The largest absolute Gasteiger partial charge is 0.493 e. The summed E-state index contributed by atoms with van der Waals surface area (Å²) in [7, 11) is 5.07. The smallest absolute Gasteiger partial charge is 0.308 e. The summed E-state index contributed by atoms with van der Waals surface area (Å²) < 4.78 is 16.1. The highest BCUT2D eigenvalue weighted by Gasteiger charge is 2.24. The van der Waals surface area contributed by atoms with Crippen molar-refractivity contribution >= 4 is 23.9 Å². The SMILES string of the molecule is COc1cc(/C=N/NC(=O)c2nnn(-c3nonc3N)c2CN(C)C)ccc1OC(C)=O. The Morgan fingerprint density at radius 2 is 2.09 bits per heavy atom. The van der Waals surface area contributed by atoms with E-state index < -0.39 is 11.9 Å². The van der Waals surface area contributed by atoms with Gasteiger partial charge in [-0.05, 0) is 48.2 Å². The van der Waals surface area contributed by atoms with Crippen molar-refractivity contribution in [3.63, 3.8) is 0 Å². The van der Waals surface area contributed by atoms with E-state index >= 15 is 0 Å². The Bertz CT molecular complexity index is 1150. The van der Waals surface area contributed by atoms with Crippen molar-refractivity contribution in [2.45, 2.75) is 13.5 Å². The van der Waals surface area contributed by atoms with Gasteiger partial charge in [0.15, 0.2) is 17.2 Å². The fourth-order valence-electron chi connectivity index (χ4n) is 2.65. The van der Waals surface area contributed by atoms with Crippen LogP contribution in [0.4, 0.5) is 5.82 Å². The minimum Gasteiger partial charge on any atom is -0.493 e. The number of carbonyl (C=O) groups excluding carboxylic acids is 2. The fourth-order valence-corrected chi connectivity index (χ4v) is 2.65. The number of esters is 1. The van der Waals surface area contributed by atoms with Crippen molar-refractivity contribution in [3.05, 3.63) is 35.2 Å². The third kappa shape index (κ3) is 5.04. The highest BCUT2D eigenvalue weighted by molar-refractivity contribution is 5.94. The van der Waals surface area contributed by atoms with Gasteiger partial charge >= 0.3 is 5.97 Å². The van der Waals surface area contributed by atoms with Crippen LogP contribution in [0.2, 0.25) is 0 Å². The molecule has 2 aromatic heterocycles. The lowest BCUT2D eigenvalue weighted by molar-refractivity contribution is -0.132. The molecule has 0 atom stereocenters. The quantitative estimate of drug-likeness (QED) is 0.207. The lowest BCUT2D eigenvalue weighted by atomic mass is 10.2. The summed E-state index contributed by atoms with van der Waals surface area (Å²) in [6.45, 7) is 1.60. The van der Waals surface area contributed by atoms with Crippen LogP contribution in [-0.2, 0) is 11.3 Å². The van der Waals surface area contributed by atoms with Gasteiger partial charge in [-0.15, -0.1) is 5.10 Å². The van der Waals surface area contributed by atoms with Crippen LogP contribution in [0, 0.1) is 0 Å². The van der Waals surface area contributed by atoms with Gasteiger partial charge in [-0.1, -0.05) is 5.21 Å². The molecule has 3 N–H and O–H groups in total. The van der Waals surface area contributed by atoms with Crippen LogP contribution in [0.25, 0.3) is 5.82 Å². The van der Waals surface area contributed by atoms with E-state index in [1.165, 1.54) is 24.9 Å². The normalized spacial score (nSPS) is 11.2. The molecular weight excluding hydrogens is 422 g/mol. The first kappa shape index (κ1) is 22.4. The Morgan fingerprint density at radius 1 is 1.31 bits per heavy atom. The zero-order chi connectivity index (χ0) is 23.3. The average molecular weight is 443 g/mol. The maximum Gasteiger partial charge on any atom is 0.308 e. The number of aromatic nitrogens is 5. The molecule has 0 fully saturated rings. The minimum absolute atomic E-state index is 0.00559. The summed E-state index contributed by atoms with van der Waals surface area (Å²) in [5.41, 5.74) is 9.17. The molecule has 0 aliphatic heterocycles. The number of carbonyl (C=O) groups is 2. The van der Waals surface area contributed by atoms with Crippen molar-refractivity contribution in [3.8, 4) is 17.3 Å². The van der Waals surface area contributed by atoms with Crippen molar-refractivity contribution < 1.29 is 23.7 Å². The summed E-state index contributed by atoms with van der Waals surface area (Å²) in [6.07, 6.45) is 1.40. The molecule has 1 aromatic carbocycles. The highest BCUT2D eigenvalue weighted by atomic mass is 16.6. The first-order chi connectivity index (χ1) is 15.3. The summed E-state index contributed by atoms with van der Waals surface area (Å²) in [4.78, 5) is 25.6. The minimum atomic E-state index is -0.595. The van der Waals surface area contributed by atoms with Crippen LogP contribution in [0.15, 0.2) is 27.9 Å². The second kappa shape index (κ2) is 9.65. The number of nitrogens with zero attached hydrogens (tertiary/aromatic N) is 7. The summed E-state index contributed by atoms with van der Waals surface area (Å²) in [6, 6.07) is 4.80. The monoisotopic (exact) mass is 443 g/mol. The van der Waals surface area contributed by atoms with Gasteiger partial charge in [0.2, 0.25) is 11.6 Å². The van der Waals surface area contributed by atoms with E-state index in [9.17, 15) is 9.59 Å². The Labute approximate surface area is 181 Å². The molecule has 168 valence electrons. The molecule has 3 aromatic rings. The van der Waals surface area contributed by atoms with Gasteiger partial charge in [0, 0.05) is 13.5 Å². The van der Waals surface area contributed by atoms with Gasteiger partial charge in [0.25, 0.3) is 5.91 Å². The second-order valence-electron chi connectivity index (χ2n) is 6.71. The molecular formula is C18H21N9O5. The van der Waals surface area contributed by atoms with Gasteiger partial charge in [0.05, 0.1) is 19.0 Å². The number of nitrogen functional groups attached to an aromatic ring is 1. The number of hydrogen-bond donors (Lipinski definition) is 2. The van der Waals surface area contributed by atoms with Gasteiger partial charge in [-0.2, -0.15) is 9.78 Å². The highest BCUT2D eigenvalue weighted by Crippen LogP contribution is 2.27. The first-order valence-corrected chi connectivity index (χ1v) is 9.17. The van der Waals surface area contributed by atoms with Crippen molar-refractivity contribution in [2.75, 3.05) is 26.9 Å². The summed E-state index contributed by atoms with van der Waals surface area (Å²) in [5.74, 6) is -0.328. The van der Waals surface area contributed by atoms with E-state index in [4.69, 9.17) is 15.2 Å². The number of nitrogens with one attached hydrogen (secondary N) is 1. The third-order valence-corrected chi connectivity index (χ3v) is 3.96. The topological polar surface area (TPSA) is 176 Å². The van der Waals surface area contributed by atoms with Gasteiger partial charge < -0.3 is 20.1 Å². The molecule has 0 bridgehead atoms. The first-order valence-electron chi connectivity index (χ1n) is 9.17. The number of rotatable bonds is 8. The maximum absolute atomic E-state index is 12.7. The fraction of sp³-hybridized carbons (Fsp3) is 0.278. The molecule has 0 unspecified atom stereocenters. The third-order valence-electron chi connectivity index (χ3n) is 3.96. The number of ether oxygens (including phenoxy) is 2. The summed E-state index contributed by atoms with van der Waals surface area (Å²) >= 11 is 0. The number of amides is 1. The summed E-state index contributed by atoms with van der Waals surface area (Å²) in [5, 5.41) is 19.0. The van der Waals surface area contributed by atoms with Crippen LogP contribution in [-0.4, -0.2) is 69.5 Å². The molecule has 14 nitrogen and oxygen atoms in total. The molecule has 0 saturated heterocycles. The molecule has 1 amide bonds. The Hall–Kier alpha value is -4.33. The molecule has 14 heteroatoms. The van der Waals surface area contributed by atoms with Gasteiger partial charge in [-0.25, -0.2) is 10.1 Å². The predicted molar refractivity (Wildman–Crippen MR) is 110 cm³/mol. The van der Waals surface area contributed by atoms with E-state index in [2.05, 4.69) is 35.8 Å². The Morgan fingerprint density at radius 3 is 2.72 bits per heavy atom. The maximum atomic E-state index is 12.7. The van der Waals surface area contributed by atoms with E-state index in [1.807, 2.05) is 19.0 Å². The molecule has 0 saturated carbocycles. The second-order valence-corrected chi connectivity index (χ2v) is 6.71. The van der Waals surface area contributed by atoms with E-state index in [-0.39, 0.29) is 23.1 Å². The van der Waals surface area contributed by atoms with Crippen LogP contribution >= 0.6 is 0 Å². The molecule has 32 heavy (non-hydrogen) atoms. The number of hydrogen-bond acceptors (Lipinski definition) is 12. The zero-order valence-corrected chi connectivity index (χ0v) is 17.8. The average Bonchev–Trinajstić information content (AvgIpc) is 3.33. The van der Waals surface area contributed by atoms with Crippen molar-refractivity contribution in [1.29, 1.82) is 0 Å². The van der Waals surface area contributed by atoms with Crippen molar-refractivity contribution in [2.24, 2.45) is 5.10 Å². The van der Waals surface area contributed by atoms with E-state index in [1.54, 1.807) is 18.2 Å². The number of methoxy groups -OCH3 is 1. The van der Waals surface area contributed by atoms with Crippen LogP contribution in [0.1, 0.15) is 28.7 Å². The molecule has 0 aliphatic rings. The van der Waals surface area contributed by atoms with Gasteiger partial charge in [-0.3, -0.25) is 9.59 Å². The zero-order valence-electron chi connectivity index (χ0n) is 17.8. The van der Waals surface area contributed by atoms with E-state index in [0.29, 0.717) is 23.6 Å². The van der Waals surface area contributed by atoms with Crippen LogP contribution in [0.5, 0.6) is 11.5 Å². The molecule has 3 rings (SSSR count). The van der Waals surface area contributed by atoms with Crippen LogP contribution in [0.3, 0.4) is 0 Å². The number of nitrogens with two attached hydrogens (primary N) is 1. The van der Waals surface area contributed by atoms with Crippen LogP contribution < -0.4 is 20.6 Å². The number of hydrazone groups is 1. The molecule has 0 radical (unpaired) electrons. The van der Waals surface area contributed by atoms with Crippen molar-refractivity contribution in [1.82, 2.24) is 35.6 Å². The molecule has 0 spiro atoms. The predicted octanol–water partition coefficient (Wildman–Crippen LogP) is -0.00810. The van der Waals surface area contributed by atoms with Gasteiger partial charge in [0.1, 0.15) is 0 Å². The number of anilines is 1. The molecule has 0 aliphatic carbocycles. The Balaban J connectivity index is 1.79. The Kier molecular flexibility index (Phi) is 6.74. The standard InChI is InChI=1S/C18H21N9O5/c1-10(28)31-13-6-5-11(7-14(13)30-4)8-20-22-18(29)15-12(9-26(2)3)27(25-21-15)17-16(19)23-32-24-17/h5-8H,9H2,1-4H3,(H2,19,23)(H,22,29)/b20-8+. The lowest BCUT2D eigenvalue weighted by Crippen LogP contribution is -2.23. The lowest BCUT2D eigenvalue weighted by Gasteiger charge is -2.11.